The number of alkyl halides is 3. The van der Waals surface area contributed by atoms with Crippen LogP contribution in [0.4, 0.5) is 18.9 Å². The number of hydrogen-bond donors (Lipinski definition) is 1. The minimum atomic E-state index is -4.75. The Labute approximate surface area is 268 Å². The Hall–Kier alpha value is -4.23. The van der Waals surface area contributed by atoms with E-state index in [4.69, 9.17) is 12.2 Å². The fourth-order valence-corrected chi connectivity index (χ4v) is 5.94. The lowest BCUT2D eigenvalue weighted by molar-refractivity contribution is -0.274. The molecule has 1 N–H and O–H groups in total. The topological polar surface area (TPSA) is 84.6 Å². The third-order valence-electron chi connectivity index (χ3n) is 6.94. The van der Waals surface area contributed by atoms with Crippen molar-refractivity contribution in [3.05, 3.63) is 89.7 Å². The molecule has 45 heavy (non-hydrogen) atoms. The maximum atomic E-state index is 12.8. The van der Waals surface area contributed by atoms with Crippen LogP contribution in [0.2, 0.25) is 0 Å². The number of thioether (sulfide) groups is 1. The van der Waals surface area contributed by atoms with Gasteiger partial charge in [-0.15, -0.1) is 18.3 Å². The van der Waals surface area contributed by atoms with E-state index in [-0.39, 0.29) is 17.6 Å². The van der Waals surface area contributed by atoms with Crippen LogP contribution >= 0.6 is 24.0 Å². The van der Waals surface area contributed by atoms with Crippen LogP contribution in [-0.2, 0) is 11.2 Å². The molecule has 8 nitrogen and oxygen atoms in total. The van der Waals surface area contributed by atoms with Gasteiger partial charge in [0.05, 0.1) is 17.1 Å². The number of aromatic nitrogens is 3. The smallest absolute Gasteiger partial charge is 0.406 e. The third-order valence-corrected chi connectivity index (χ3v) is 8.10. The van der Waals surface area contributed by atoms with Crippen LogP contribution < -0.4 is 15.0 Å². The molecular weight excluding hydrogens is 622 g/mol. The number of halogens is 3. The quantitative estimate of drug-likeness (QED) is 0.151. The summed E-state index contributed by atoms with van der Waals surface area (Å²) < 4.78 is 42.7. The molecule has 4 aromatic rings. The van der Waals surface area contributed by atoms with Crippen LogP contribution in [0, 0.1) is 6.92 Å². The number of thiocarbonyl (C=S) groups is 1. The molecule has 0 atom stereocenters. The first-order valence-electron chi connectivity index (χ1n) is 14.3. The summed E-state index contributed by atoms with van der Waals surface area (Å²) in [5, 5.41) is 8.58. The average Bonchev–Trinajstić information content (AvgIpc) is 3.62. The van der Waals surface area contributed by atoms with Gasteiger partial charge in [-0.2, -0.15) is 4.99 Å². The second kappa shape index (κ2) is 13.8. The number of nitrogens with one attached hydrogen (secondary N) is 1. The lowest BCUT2D eigenvalue weighted by atomic mass is 9.98. The molecule has 1 aliphatic heterocycles. The number of aryl methyl sites for hydroxylation is 2. The van der Waals surface area contributed by atoms with Gasteiger partial charge in [0, 0.05) is 12.1 Å². The maximum absolute atomic E-state index is 12.8. The molecule has 234 valence electrons. The molecule has 1 amide bonds. The number of carbonyl (C=O) groups excluding carboxylic acids is 1. The molecule has 1 fully saturated rings. The van der Waals surface area contributed by atoms with Crippen LogP contribution in [0.1, 0.15) is 42.9 Å². The predicted molar refractivity (Wildman–Crippen MR) is 175 cm³/mol. The standard InChI is InChI=1S/C32H31F3N6O2S2/c1-20(2)26-16-21(3)9-14-27(26)41-28(42)18-45-31(41)38-30(44)36-15-5-7-22-6-4-8-23(17-22)29-37-19-40(39-29)24-10-12-25(13-11-24)43-32(33,34)35/h4,6,8-14,16-17,19-20H,5,7,15,18H2,1-3H3,(H,36,44). The molecule has 0 aliphatic carbocycles. The number of amidine groups is 1. The van der Waals surface area contributed by atoms with Gasteiger partial charge in [0.2, 0.25) is 5.91 Å². The molecule has 0 bridgehead atoms. The molecule has 0 radical (unpaired) electrons. The molecule has 0 unspecified atom stereocenters. The Kier molecular flexibility index (Phi) is 9.88. The molecule has 1 aliphatic rings. The molecule has 0 spiro atoms. The zero-order valence-electron chi connectivity index (χ0n) is 24.8. The van der Waals surface area contributed by atoms with Gasteiger partial charge in [-0.05, 0) is 85.4 Å². The second-order valence-corrected chi connectivity index (χ2v) is 12.0. The second-order valence-electron chi connectivity index (χ2n) is 10.7. The van der Waals surface area contributed by atoms with Gasteiger partial charge in [0.15, 0.2) is 16.1 Å². The molecule has 13 heteroatoms. The summed E-state index contributed by atoms with van der Waals surface area (Å²) in [7, 11) is 0. The Morgan fingerprint density at radius 2 is 1.91 bits per heavy atom. The first-order chi connectivity index (χ1) is 21.5. The minimum absolute atomic E-state index is 0.0139. The summed E-state index contributed by atoms with van der Waals surface area (Å²) in [5.74, 6) is 0.737. The van der Waals surface area contributed by atoms with Gasteiger partial charge < -0.3 is 10.1 Å². The van der Waals surface area contributed by atoms with Gasteiger partial charge in [0.25, 0.3) is 0 Å². The summed E-state index contributed by atoms with van der Waals surface area (Å²) in [6.07, 6.45) is -1.69. The highest BCUT2D eigenvalue weighted by Gasteiger charge is 2.32. The zero-order chi connectivity index (χ0) is 32.1. The number of benzene rings is 3. The van der Waals surface area contributed by atoms with Crippen molar-refractivity contribution >= 4 is 45.9 Å². The van der Waals surface area contributed by atoms with Crippen molar-refractivity contribution in [2.45, 2.75) is 45.9 Å². The van der Waals surface area contributed by atoms with E-state index in [1.54, 1.807) is 4.90 Å². The lowest BCUT2D eigenvalue weighted by Crippen LogP contribution is -2.32. The van der Waals surface area contributed by atoms with E-state index in [0.717, 1.165) is 40.8 Å². The summed E-state index contributed by atoms with van der Waals surface area (Å²) in [6, 6.07) is 19.3. The maximum Gasteiger partial charge on any atom is 0.573 e. The average molecular weight is 653 g/mol. The van der Waals surface area contributed by atoms with E-state index < -0.39 is 6.36 Å². The van der Waals surface area contributed by atoms with E-state index in [0.29, 0.717) is 34.1 Å². The van der Waals surface area contributed by atoms with Crippen LogP contribution in [-0.4, -0.2) is 49.6 Å². The van der Waals surface area contributed by atoms with Gasteiger partial charge in [-0.1, -0.05) is 61.5 Å². The first-order valence-corrected chi connectivity index (χ1v) is 15.7. The number of carbonyl (C=O) groups is 1. The van der Waals surface area contributed by atoms with Crippen molar-refractivity contribution in [2.75, 3.05) is 17.2 Å². The molecule has 1 aromatic heterocycles. The Morgan fingerprint density at radius 1 is 1.13 bits per heavy atom. The van der Waals surface area contributed by atoms with Gasteiger partial charge in [0.1, 0.15) is 12.1 Å². The normalized spacial score (nSPS) is 14.4. The number of amides is 1. The third kappa shape index (κ3) is 8.28. The fourth-order valence-electron chi connectivity index (χ4n) is 4.82. The van der Waals surface area contributed by atoms with E-state index in [1.807, 2.05) is 43.3 Å². The van der Waals surface area contributed by atoms with Crippen molar-refractivity contribution in [1.29, 1.82) is 0 Å². The van der Waals surface area contributed by atoms with Gasteiger partial charge in [-0.25, -0.2) is 9.67 Å². The molecule has 3 aromatic carbocycles. The highest BCUT2D eigenvalue weighted by atomic mass is 32.2. The fraction of sp³-hybridized carbons (Fsp3) is 0.281. The van der Waals surface area contributed by atoms with Crippen molar-refractivity contribution in [3.63, 3.8) is 0 Å². The summed E-state index contributed by atoms with van der Waals surface area (Å²) in [6.45, 7) is 6.85. The first kappa shape index (κ1) is 32.2. The van der Waals surface area contributed by atoms with E-state index in [2.05, 4.69) is 45.0 Å². The molecule has 2 heterocycles. The molecule has 1 saturated heterocycles. The Bertz CT molecular complexity index is 1720. The van der Waals surface area contributed by atoms with Gasteiger partial charge in [-0.3, -0.25) is 9.69 Å². The zero-order valence-corrected chi connectivity index (χ0v) is 26.5. The van der Waals surface area contributed by atoms with Crippen LogP contribution in [0.3, 0.4) is 0 Å². The van der Waals surface area contributed by atoms with E-state index in [9.17, 15) is 18.0 Å². The van der Waals surface area contributed by atoms with Crippen molar-refractivity contribution < 1.29 is 22.7 Å². The molecular formula is C32H31F3N6O2S2. The molecule has 5 rings (SSSR count). The summed E-state index contributed by atoms with van der Waals surface area (Å²) in [4.78, 5) is 23.4. The monoisotopic (exact) mass is 652 g/mol. The highest BCUT2D eigenvalue weighted by molar-refractivity contribution is 8.15. The number of rotatable bonds is 9. The largest absolute Gasteiger partial charge is 0.573 e. The van der Waals surface area contributed by atoms with Crippen LogP contribution in [0.5, 0.6) is 5.75 Å². The summed E-state index contributed by atoms with van der Waals surface area (Å²) in [5.41, 5.74) is 5.53. The van der Waals surface area contributed by atoms with Crippen molar-refractivity contribution in [2.24, 2.45) is 4.99 Å². The predicted octanol–water partition coefficient (Wildman–Crippen LogP) is 7.21. The SMILES string of the molecule is Cc1ccc(N2C(=O)CSC2=NC(=S)NCCCc2cccc(-c3ncn(-c4ccc(OC(F)(F)F)cc4)n3)c2)c(C(C)C)c1. The van der Waals surface area contributed by atoms with E-state index >= 15 is 0 Å². The number of hydrogen-bond acceptors (Lipinski definition) is 6. The van der Waals surface area contributed by atoms with Crippen LogP contribution in [0.25, 0.3) is 17.1 Å². The minimum Gasteiger partial charge on any atom is -0.406 e. The Balaban J connectivity index is 1.16. The molecule has 0 saturated carbocycles. The number of ether oxygens (including phenoxy) is 1. The van der Waals surface area contributed by atoms with Crippen molar-refractivity contribution in [3.8, 4) is 22.8 Å². The number of anilines is 1. The van der Waals surface area contributed by atoms with Gasteiger partial charge >= 0.3 is 6.36 Å². The highest BCUT2D eigenvalue weighted by Crippen LogP contribution is 2.34. The number of aliphatic imine (C=N–C) groups is 1. The summed E-state index contributed by atoms with van der Waals surface area (Å²) >= 11 is 6.88. The van der Waals surface area contributed by atoms with Crippen molar-refractivity contribution in [1.82, 2.24) is 20.1 Å². The number of nitrogens with zero attached hydrogens (tertiary/aromatic N) is 5. The lowest BCUT2D eigenvalue weighted by Gasteiger charge is -2.22. The Morgan fingerprint density at radius 3 is 2.64 bits per heavy atom. The van der Waals surface area contributed by atoms with E-state index in [1.165, 1.54) is 47.0 Å². The van der Waals surface area contributed by atoms with Crippen LogP contribution in [0.15, 0.2) is 78.0 Å².